The van der Waals surface area contributed by atoms with E-state index in [2.05, 4.69) is 0 Å². The van der Waals surface area contributed by atoms with Gasteiger partial charge >= 0.3 is 0 Å². The first-order valence-corrected chi connectivity index (χ1v) is 6.25. The van der Waals surface area contributed by atoms with E-state index in [1.54, 1.807) is 0 Å². The van der Waals surface area contributed by atoms with Crippen molar-refractivity contribution in [3.63, 3.8) is 0 Å². The number of likely N-dealkylation sites (tertiary alicyclic amines) is 1. The maximum atomic E-state index is 11.5. The van der Waals surface area contributed by atoms with E-state index in [0.717, 1.165) is 0 Å². The fraction of sp³-hybridized carbons (Fsp3) is 0.800. The molecule has 0 radical (unpaired) electrons. The summed E-state index contributed by atoms with van der Waals surface area (Å²) in [6.45, 7) is 7.72. The number of carbonyl (C=O) groups excluding carboxylic acids is 2. The van der Waals surface area contributed by atoms with Crippen LogP contribution in [0.5, 0.6) is 0 Å². The molecule has 14 heavy (non-hydrogen) atoms. The Balaban J connectivity index is 0.000000791. The average molecular weight is 217 g/mol. The second-order valence-corrected chi connectivity index (χ2v) is 4.16. The lowest BCUT2D eigenvalue weighted by atomic mass is 10.3. The van der Waals surface area contributed by atoms with Crippen LogP contribution in [0.2, 0.25) is 0 Å². The number of imide groups is 1. The summed E-state index contributed by atoms with van der Waals surface area (Å²) in [5.41, 5.74) is 0. The summed E-state index contributed by atoms with van der Waals surface area (Å²) in [7, 11) is 0. The zero-order chi connectivity index (χ0) is 11.3. The van der Waals surface area contributed by atoms with Gasteiger partial charge in [-0.1, -0.05) is 13.8 Å². The van der Waals surface area contributed by atoms with Crippen molar-refractivity contribution >= 4 is 23.6 Å². The summed E-state index contributed by atoms with van der Waals surface area (Å²) in [6.07, 6.45) is 2.23. The summed E-state index contributed by atoms with van der Waals surface area (Å²) < 4.78 is 0. The predicted molar refractivity (Wildman–Crippen MR) is 60.3 cm³/mol. The van der Waals surface area contributed by atoms with E-state index in [1.165, 1.54) is 16.7 Å². The number of amides is 2. The number of hydrogen-bond donors (Lipinski definition) is 0. The average Bonchev–Trinajstić information content (AvgIpc) is 2.44. The van der Waals surface area contributed by atoms with E-state index < -0.39 is 0 Å². The van der Waals surface area contributed by atoms with Crippen LogP contribution in [0, 0.1) is 0 Å². The molecule has 0 bridgehead atoms. The SMILES string of the molecule is CC.CSC1CC(=O)N(C(C)C)C1=O. The molecule has 0 spiro atoms. The highest BCUT2D eigenvalue weighted by Gasteiger charge is 2.39. The molecule has 1 aliphatic heterocycles. The summed E-state index contributed by atoms with van der Waals surface area (Å²) in [4.78, 5) is 24.1. The summed E-state index contributed by atoms with van der Waals surface area (Å²) in [6, 6.07) is 0.00199. The maximum absolute atomic E-state index is 11.5. The topological polar surface area (TPSA) is 37.4 Å². The van der Waals surface area contributed by atoms with E-state index in [4.69, 9.17) is 0 Å². The van der Waals surface area contributed by atoms with Crippen molar-refractivity contribution in [1.29, 1.82) is 0 Å². The highest BCUT2D eigenvalue weighted by molar-refractivity contribution is 8.00. The fourth-order valence-corrected chi connectivity index (χ4v) is 1.97. The molecule has 1 aliphatic rings. The highest BCUT2D eigenvalue weighted by atomic mass is 32.2. The Kier molecular flexibility index (Phi) is 5.84. The molecule has 0 aromatic rings. The van der Waals surface area contributed by atoms with Crippen LogP contribution in [0.1, 0.15) is 34.1 Å². The molecule has 2 amide bonds. The van der Waals surface area contributed by atoms with Gasteiger partial charge in [-0.2, -0.15) is 11.8 Å². The molecule has 1 rings (SSSR count). The first kappa shape index (κ1) is 13.5. The monoisotopic (exact) mass is 217 g/mol. The second kappa shape index (κ2) is 6.06. The number of thioether (sulfide) groups is 1. The molecule has 1 unspecified atom stereocenters. The van der Waals surface area contributed by atoms with Crippen molar-refractivity contribution in [2.45, 2.75) is 45.4 Å². The molecular weight excluding hydrogens is 198 g/mol. The smallest absolute Gasteiger partial charge is 0.243 e. The van der Waals surface area contributed by atoms with Crippen molar-refractivity contribution in [2.75, 3.05) is 6.26 Å². The van der Waals surface area contributed by atoms with Gasteiger partial charge in [0, 0.05) is 12.5 Å². The molecule has 4 heteroatoms. The van der Waals surface area contributed by atoms with E-state index in [9.17, 15) is 9.59 Å². The molecule has 3 nitrogen and oxygen atoms in total. The van der Waals surface area contributed by atoms with E-state index >= 15 is 0 Å². The first-order valence-electron chi connectivity index (χ1n) is 4.96. The molecule has 0 aromatic carbocycles. The van der Waals surface area contributed by atoms with Crippen LogP contribution in [0.25, 0.3) is 0 Å². The summed E-state index contributed by atoms with van der Waals surface area (Å²) in [5, 5.41) is -0.139. The Morgan fingerprint density at radius 3 is 2.07 bits per heavy atom. The molecule has 0 saturated carbocycles. The zero-order valence-corrected chi connectivity index (χ0v) is 10.4. The normalized spacial score (nSPS) is 21.3. The Labute approximate surface area is 90.2 Å². The van der Waals surface area contributed by atoms with Crippen molar-refractivity contribution in [1.82, 2.24) is 4.90 Å². The minimum absolute atomic E-state index is 0.00199. The Hall–Kier alpha value is -0.510. The van der Waals surface area contributed by atoms with Crippen LogP contribution >= 0.6 is 11.8 Å². The van der Waals surface area contributed by atoms with Crippen LogP contribution in [0.4, 0.5) is 0 Å². The maximum Gasteiger partial charge on any atom is 0.243 e. The standard InChI is InChI=1S/C8H13NO2S.C2H6/c1-5(2)9-7(10)4-6(12-3)8(9)11;1-2/h5-6H,4H2,1-3H3;1-2H3. The first-order chi connectivity index (χ1) is 6.57. The van der Waals surface area contributed by atoms with Gasteiger partial charge in [0.2, 0.25) is 11.8 Å². The molecule has 1 saturated heterocycles. The van der Waals surface area contributed by atoms with Gasteiger partial charge < -0.3 is 0 Å². The summed E-state index contributed by atoms with van der Waals surface area (Å²) >= 11 is 1.45. The minimum Gasteiger partial charge on any atom is -0.279 e. The van der Waals surface area contributed by atoms with Crippen molar-refractivity contribution in [3.05, 3.63) is 0 Å². The fourth-order valence-electron chi connectivity index (χ4n) is 1.35. The summed E-state index contributed by atoms with van der Waals surface area (Å²) in [5.74, 6) is -0.0585. The van der Waals surface area contributed by atoms with Crippen LogP contribution in [0.3, 0.4) is 0 Å². The van der Waals surface area contributed by atoms with Gasteiger partial charge in [-0.25, -0.2) is 0 Å². The lowest BCUT2D eigenvalue weighted by Gasteiger charge is -2.18. The van der Waals surface area contributed by atoms with Gasteiger partial charge in [0.05, 0.1) is 5.25 Å². The lowest BCUT2D eigenvalue weighted by molar-refractivity contribution is -0.140. The van der Waals surface area contributed by atoms with Gasteiger partial charge in [0.15, 0.2) is 0 Å². The van der Waals surface area contributed by atoms with Crippen molar-refractivity contribution in [3.8, 4) is 0 Å². The van der Waals surface area contributed by atoms with Crippen LogP contribution in [-0.2, 0) is 9.59 Å². The molecule has 1 heterocycles. The molecule has 0 N–H and O–H groups in total. The van der Waals surface area contributed by atoms with Gasteiger partial charge in [-0.15, -0.1) is 0 Å². The van der Waals surface area contributed by atoms with E-state index in [-0.39, 0.29) is 23.1 Å². The molecule has 1 atom stereocenters. The minimum atomic E-state index is -0.139. The van der Waals surface area contributed by atoms with Crippen LogP contribution in [-0.4, -0.2) is 34.3 Å². The lowest BCUT2D eigenvalue weighted by Crippen LogP contribution is -2.37. The molecule has 1 fully saturated rings. The van der Waals surface area contributed by atoms with Crippen molar-refractivity contribution < 1.29 is 9.59 Å². The number of carbonyl (C=O) groups is 2. The van der Waals surface area contributed by atoms with E-state index in [1.807, 2.05) is 34.0 Å². The largest absolute Gasteiger partial charge is 0.279 e. The van der Waals surface area contributed by atoms with Gasteiger partial charge in [0.1, 0.15) is 0 Å². The molecule has 0 aromatic heterocycles. The van der Waals surface area contributed by atoms with Gasteiger partial charge in [-0.3, -0.25) is 14.5 Å². The van der Waals surface area contributed by atoms with E-state index in [0.29, 0.717) is 6.42 Å². The van der Waals surface area contributed by atoms with Crippen molar-refractivity contribution in [2.24, 2.45) is 0 Å². The van der Waals surface area contributed by atoms with Crippen LogP contribution in [0.15, 0.2) is 0 Å². The van der Waals surface area contributed by atoms with Gasteiger partial charge in [-0.05, 0) is 20.1 Å². The Morgan fingerprint density at radius 1 is 1.36 bits per heavy atom. The Bertz CT molecular complexity index is 216. The Morgan fingerprint density at radius 2 is 1.86 bits per heavy atom. The van der Waals surface area contributed by atoms with Crippen LogP contribution < -0.4 is 0 Å². The quantitative estimate of drug-likeness (QED) is 0.663. The molecule has 0 aliphatic carbocycles. The third-order valence-electron chi connectivity index (χ3n) is 1.94. The number of rotatable bonds is 2. The predicted octanol–water partition coefficient (Wildman–Crippen LogP) is 1.91. The third kappa shape index (κ3) is 2.74. The molecular formula is C10H19NO2S. The highest BCUT2D eigenvalue weighted by Crippen LogP contribution is 2.24. The second-order valence-electron chi connectivity index (χ2n) is 3.12. The molecule has 82 valence electrons. The van der Waals surface area contributed by atoms with Gasteiger partial charge in [0.25, 0.3) is 0 Å². The zero-order valence-electron chi connectivity index (χ0n) is 9.53. The number of hydrogen-bond acceptors (Lipinski definition) is 3. The third-order valence-corrected chi connectivity index (χ3v) is 2.88. The number of nitrogens with zero attached hydrogens (tertiary/aromatic N) is 1.